The van der Waals surface area contributed by atoms with E-state index in [0.717, 1.165) is 6.42 Å². The van der Waals surface area contributed by atoms with Gasteiger partial charge < -0.3 is 10.5 Å². The summed E-state index contributed by atoms with van der Waals surface area (Å²) in [6.07, 6.45) is 1.34. The highest BCUT2D eigenvalue weighted by molar-refractivity contribution is 7.80. The molecular formula is C11H13Cl2NOS. The molecule has 0 heterocycles. The minimum Gasteiger partial charge on any atom is -0.490 e. The van der Waals surface area contributed by atoms with Crippen LogP contribution in [0.15, 0.2) is 18.2 Å². The highest BCUT2D eigenvalue weighted by Crippen LogP contribution is 2.25. The van der Waals surface area contributed by atoms with Gasteiger partial charge in [-0.1, -0.05) is 42.3 Å². The molecule has 0 aromatic heterocycles. The topological polar surface area (TPSA) is 35.2 Å². The highest BCUT2D eigenvalue weighted by Gasteiger charge is 2.10. The lowest BCUT2D eigenvalue weighted by atomic mass is 10.2. The summed E-state index contributed by atoms with van der Waals surface area (Å²) in [5, 5.41) is 1.10. The van der Waals surface area contributed by atoms with Gasteiger partial charge in [0.1, 0.15) is 11.9 Å². The number of benzene rings is 1. The van der Waals surface area contributed by atoms with Crippen LogP contribution in [0.5, 0.6) is 5.75 Å². The van der Waals surface area contributed by atoms with Crippen LogP contribution >= 0.6 is 35.4 Å². The Morgan fingerprint density at radius 3 is 2.38 bits per heavy atom. The predicted molar refractivity (Wildman–Crippen MR) is 72.6 cm³/mol. The maximum Gasteiger partial charge on any atom is 0.122 e. The number of hydrogen-bond acceptors (Lipinski definition) is 2. The van der Waals surface area contributed by atoms with Gasteiger partial charge in [0.05, 0.1) is 4.99 Å². The van der Waals surface area contributed by atoms with Gasteiger partial charge in [-0.25, -0.2) is 0 Å². The van der Waals surface area contributed by atoms with Gasteiger partial charge in [-0.3, -0.25) is 0 Å². The van der Waals surface area contributed by atoms with Crippen molar-refractivity contribution in [3.8, 4) is 5.75 Å². The fraction of sp³-hybridized carbons (Fsp3) is 0.364. The summed E-state index contributed by atoms with van der Waals surface area (Å²) in [6, 6.07) is 5.09. The highest BCUT2D eigenvalue weighted by atomic mass is 35.5. The number of halogens is 2. The summed E-state index contributed by atoms with van der Waals surface area (Å²) in [4.78, 5) is 0.444. The van der Waals surface area contributed by atoms with Gasteiger partial charge in [-0.15, -0.1) is 0 Å². The summed E-state index contributed by atoms with van der Waals surface area (Å²) in [5.74, 6) is 0.639. The molecule has 0 spiro atoms. The lowest BCUT2D eigenvalue weighted by molar-refractivity contribution is 0.205. The molecule has 0 aliphatic heterocycles. The molecule has 0 amide bonds. The van der Waals surface area contributed by atoms with E-state index in [-0.39, 0.29) is 6.10 Å². The van der Waals surface area contributed by atoms with E-state index in [1.54, 1.807) is 18.2 Å². The van der Waals surface area contributed by atoms with E-state index >= 15 is 0 Å². The van der Waals surface area contributed by atoms with Crippen LogP contribution in [0, 0.1) is 0 Å². The number of nitrogens with two attached hydrogens (primary N) is 1. The van der Waals surface area contributed by atoms with Crippen molar-refractivity contribution in [3.63, 3.8) is 0 Å². The molecule has 0 bridgehead atoms. The Balaban J connectivity index is 2.73. The van der Waals surface area contributed by atoms with Crippen LogP contribution in [-0.4, -0.2) is 11.1 Å². The molecule has 0 aliphatic rings. The first-order chi connectivity index (χ1) is 7.51. The lowest BCUT2D eigenvalue weighted by Gasteiger charge is -2.17. The molecule has 5 heteroatoms. The molecule has 0 aliphatic carbocycles. The van der Waals surface area contributed by atoms with Crippen LogP contribution in [0.2, 0.25) is 10.0 Å². The van der Waals surface area contributed by atoms with E-state index in [1.807, 2.05) is 6.92 Å². The Bertz CT molecular complexity index is 364. The van der Waals surface area contributed by atoms with Crippen molar-refractivity contribution in [1.29, 1.82) is 0 Å². The van der Waals surface area contributed by atoms with Crippen molar-refractivity contribution < 1.29 is 4.74 Å². The second-order valence-corrected chi connectivity index (χ2v) is 4.82. The molecule has 1 unspecified atom stereocenters. The molecule has 0 saturated carbocycles. The zero-order valence-electron chi connectivity index (χ0n) is 8.87. The van der Waals surface area contributed by atoms with Gasteiger partial charge >= 0.3 is 0 Å². The number of thiocarbonyl (C=S) groups is 1. The van der Waals surface area contributed by atoms with E-state index in [9.17, 15) is 0 Å². The van der Waals surface area contributed by atoms with Crippen molar-refractivity contribution in [2.75, 3.05) is 0 Å². The Kier molecular flexibility index (Phi) is 5.32. The average molecular weight is 278 g/mol. The smallest absolute Gasteiger partial charge is 0.122 e. The SMILES string of the molecule is CCC(CC(N)=S)Oc1cc(Cl)cc(Cl)c1. The zero-order valence-corrected chi connectivity index (χ0v) is 11.2. The summed E-state index contributed by atoms with van der Waals surface area (Å²) >= 11 is 16.6. The lowest BCUT2D eigenvalue weighted by Crippen LogP contribution is -2.23. The van der Waals surface area contributed by atoms with Crippen molar-refractivity contribution in [3.05, 3.63) is 28.2 Å². The van der Waals surface area contributed by atoms with E-state index in [4.69, 9.17) is 45.9 Å². The second kappa shape index (κ2) is 6.28. The molecule has 2 nitrogen and oxygen atoms in total. The molecule has 0 fully saturated rings. The zero-order chi connectivity index (χ0) is 12.1. The molecule has 1 rings (SSSR count). The number of ether oxygens (including phenoxy) is 1. The van der Waals surface area contributed by atoms with Crippen LogP contribution in [0.25, 0.3) is 0 Å². The molecule has 16 heavy (non-hydrogen) atoms. The maximum absolute atomic E-state index is 5.87. The molecule has 0 radical (unpaired) electrons. The first kappa shape index (κ1) is 13.6. The number of rotatable bonds is 5. The fourth-order valence-electron chi connectivity index (χ4n) is 1.28. The van der Waals surface area contributed by atoms with Gasteiger partial charge in [0, 0.05) is 16.5 Å². The molecule has 1 aromatic carbocycles. The standard InChI is InChI=1S/C11H13Cl2NOS/c1-2-9(6-11(14)16)15-10-4-7(12)3-8(13)5-10/h3-5,9H,2,6H2,1H3,(H2,14,16). The van der Waals surface area contributed by atoms with E-state index < -0.39 is 0 Å². The van der Waals surface area contributed by atoms with Crippen LogP contribution < -0.4 is 10.5 Å². The maximum atomic E-state index is 5.87. The molecule has 88 valence electrons. The molecule has 0 saturated heterocycles. The Hall–Kier alpha value is -0.510. The van der Waals surface area contributed by atoms with Crippen molar-refractivity contribution in [2.45, 2.75) is 25.9 Å². The van der Waals surface area contributed by atoms with Crippen LogP contribution in [0.4, 0.5) is 0 Å². The Morgan fingerprint density at radius 2 is 1.94 bits per heavy atom. The second-order valence-electron chi connectivity index (χ2n) is 3.42. The van der Waals surface area contributed by atoms with Crippen molar-refractivity contribution in [2.24, 2.45) is 5.73 Å². The average Bonchev–Trinajstić information content (AvgIpc) is 2.14. The largest absolute Gasteiger partial charge is 0.490 e. The van der Waals surface area contributed by atoms with Crippen LogP contribution in [0.3, 0.4) is 0 Å². The molecule has 2 N–H and O–H groups in total. The van der Waals surface area contributed by atoms with Gasteiger partial charge in [0.25, 0.3) is 0 Å². The summed E-state index contributed by atoms with van der Waals surface area (Å²) < 4.78 is 5.70. The van der Waals surface area contributed by atoms with E-state index in [2.05, 4.69) is 0 Å². The van der Waals surface area contributed by atoms with Gasteiger partial charge in [0.2, 0.25) is 0 Å². The normalized spacial score (nSPS) is 12.2. The minimum absolute atomic E-state index is 0.0352. The van der Waals surface area contributed by atoms with Gasteiger partial charge in [-0.2, -0.15) is 0 Å². The van der Waals surface area contributed by atoms with Gasteiger partial charge in [-0.05, 0) is 24.6 Å². The third kappa shape index (κ3) is 4.56. The monoisotopic (exact) mass is 277 g/mol. The molecule has 1 aromatic rings. The Labute approximate surface area is 111 Å². The van der Waals surface area contributed by atoms with Crippen LogP contribution in [0.1, 0.15) is 19.8 Å². The third-order valence-electron chi connectivity index (χ3n) is 2.02. The minimum atomic E-state index is -0.0352. The van der Waals surface area contributed by atoms with Gasteiger partial charge in [0.15, 0.2) is 0 Å². The molecule has 1 atom stereocenters. The molecular weight excluding hydrogens is 265 g/mol. The first-order valence-electron chi connectivity index (χ1n) is 4.92. The van der Waals surface area contributed by atoms with Crippen molar-refractivity contribution >= 4 is 40.4 Å². The quantitative estimate of drug-likeness (QED) is 0.831. The third-order valence-corrected chi connectivity index (χ3v) is 2.63. The van der Waals surface area contributed by atoms with E-state index in [1.165, 1.54) is 0 Å². The van der Waals surface area contributed by atoms with Crippen molar-refractivity contribution in [1.82, 2.24) is 0 Å². The summed E-state index contributed by atoms with van der Waals surface area (Å²) in [6.45, 7) is 2.01. The fourth-order valence-corrected chi connectivity index (χ4v) is 1.97. The number of hydrogen-bond donors (Lipinski definition) is 1. The first-order valence-corrected chi connectivity index (χ1v) is 6.08. The summed E-state index contributed by atoms with van der Waals surface area (Å²) in [7, 11) is 0. The van der Waals surface area contributed by atoms with Crippen LogP contribution in [-0.2, 0) is 0 Å². The van der Waals surface area contributed by atoms with E-state index in [0.29, 0.717) is 27.2 Å². The predicted octanol–water partition coefficient (Wildman–Crippen LogP) is 3.83. The Morgan fingerprint density at radius 1 is 1.38 bits per heavy atom. The summed E-state index contributed by atoms with van der Waals surface area (Å²) in [5.41, 5.74) is 5.48.